The van der Waals surface area contributed by atoms with Crippen molar-refractivity contribution in [2.24, 2.45) is 11.8 Å². The Balaban J connectivity index is 1.54. The first-order valence-electron chi connectivity index (χ1n) is 10.3. The maximum atomic E-state index is 12.9. The fourth-order valence-electron chi connectivity index (χ4n) is 3.84. The normalized spacial score (nSPS) is 18.3. The third kappa shape index (κ3) is 4.15. The Hall–Kier alpha value is -3.12. The molecule has 1 unspecified atom stereocenters. The van der Waals surface area contributed by atoms with Gasteiger partial charge in [-0.1, -0.05) is 0 Å². The molecule has 0 spiro atoms. The van der Waals surface area contributed by atoms with Crippen molar-refractivity contribution in [3.8, 4) is 0 Å². The summed E-state index contributed by atoms with van der Waals surface area (Å²) in [5.41, 5.74) is 0.924. The summed E-state index contributed by atoms with van der Waals surface area (Å²) in [5, 5.41) is 12.9. The number of hydrogen-bond donors (Lipinski definition) is 2. The van der Waals surface area contributed by atoms with Crippen LogP contribution < -0.4 is 15.1 Å². The summed E-state index contributed by atoms with van der Waals surface area (Å²) >= 11 is 1.11. The standard InChI is InChI=1S/C20H24N6O5S/c1-3-31-5-4-21-18(28)12-7-25(8-12)14-6-11(2)15-16(27)13(19(29)30)9-26(17(15)24-14)20-22-10-23-32-20/h6,10,12-13H,3-5,7-9H2,1-2H3,(H,21,28)(H,29,30). The van der Waals surface area contributed by atoms with Crippen LogP contribution in [0.2, 0.25) is 0 Å². The Kier molecular flexibility index (Phi) is 6.33. The van der Waals surface area contributed by atoms with Crippen LogP contribution in [0.3, 0.4) is 0 Å². The van der Waals surface area contributed by atoms with E-state index in [2.05, 4.69) is 19.7 Å². The summed E-state index contributed by atoms with van der Waals surface area (Å²) in [4.78, 5) is 49.3. The molecule has 4 heterocycles. The second-order valence-corrected chi connectivity index (χ2v) is 8.43. The number of ether oxygens (including phenoxy) is 1. The number of aliphatic carboxylic acids is 1. The molecule has 170 valence electrons. The van der Waals surface area contributed by atoms with Crippen molar-refractivity contribution in [3.63, 3.8) is 0 Å². The first-order valence-corrected chi connectivity index (χ1v) is 11.1. The average molecular weight is 461 g/mol. The Labute approximate surface area is 188 Å². The highest BCUT2D eigenvalue weighted by atomic mass is 32.1. The molecule has 1 atom stereocenters. The Morgan fingerprint density at radius 1 is 1.34 bits per heavy atom. The molecule has 1 fully saturated rings. The number of pyridine rings is 1. The van der Waals surface area contributed by atoms with E-state index < -0.39 is 17.7 Å². The molecule has 0 aromatic carbocycles. The highest BCUT2D eigenvalue weighted by Crippen LogP contribution is 2.38. The first-order chi connectivity index (χ1) is 15.4. The molecule has 2 aliphatic heterocycles. The number of nitrogens with one attached hydrogen (secondary N) is 1. The van der Waals surface area contributed by atoms with E-state index in [1.807, 2.05) is 11.8 Å². The molecular formula is C20H24N6O5S. The summed E-state index contributed by atoms with van der Waals surface area (Å²) in [6.45, 7) is 6.20. The van der Waals surface area contributed by atoms with Crippen molar-refractivity contribution in [2.45, 2.75) is 13.8 Å². The van der Waals surface area contributed by atoms with Crippen molar-refractivity contribution in [3.05, 3.63) is 23.5 Å². The summed E-state index contributed by atoms with van der Waals surface area (Å²) in [6.07, 6.45) is 1.38. The number of aromatic nitrogens is 3. The van der Waals surface area contributed by atoms with Gasteiger partial charge in [-0.15, -0.1) is 0 Å². The van der Waals surface area contributed by atoms with E-state index in [0.29, 0.717) is 55.2 Å². The van der Waals surface area contributed by atoms with E-state index in [4.69, 9.17) is 4.74 Å². The van der Waals surface area contributed by atoms with Gasteiger partial charge in [0.2, 0.25) is 11.0 Å². The fraction of sp³-hybridized carbons (Fsp3) is 0.500. The van der Waals surface area contributed by atoms with E-state index in [1.54, 1.807) is 17.9 Å². The van der Waals surface area contributed by atoms with Crippen molar-refractivity contribution in [2.75, 3.05) is 49.2 Å². The number of fused-ring (bicyclic) bond motifs is 1. The predicted octanol–water partition coefficient (Wildman–Crippen LogP) is 0.866. The van der Waals surface area contributed by atoms with Crippen molar-refractivity contribution in [1.29, 1.82) is 0 Å². The molecule has 0 radical (unpaired) electrons. The van der Waals surface area contributed by atoms with Gasteiger partial charge >= 0.3 is 5.97 Å². The minimum atomic E-state index is -1.20. The van der Waals surface area contributed by atoms with E-state index in [0.717, 1.165) is 11.5 Å². The van der Waals surface area contributed by atoms with E-state index >= 15 is 0 Å². The van der Waals surface area contributed by atoms with Gasteiger partial charge in [-0.2, -0.15) is 4.37 Å². The second-order valence-electron chi connectivity index (χ2n) is 7.68. The monoisotopic (exact) mass is 460 g/mol. The van der Waals surface area contributed by atoms with Gasteiger partial charge < -0.3 is 20.1 Å². The Bertz CT molecular complexity index is 1020. The Morgan fingerprint density at radius 3 is 2.78 bits per heavy atom. The minimum absolute atomic E-state index is 0.0226. The number of amides is 1. The van der Waals surface area contributed by atoms with E-state index in [9.17, 15) is 19.5 Å². The van der Waals surface area contributed by atoms with Gasteiger partial charge in [-0.05, 0) is 25.5 Å². The molecule has 1 saturated heterocycles. The van der Waals surface area contributed by atoms with Crippen LogP contribution in [0, 0.1) is 18.8 Å². The van der Waals surface area contributed by atoms with Gasteiger partial charge in [-0.3, -0.25) is 19.3 Å². The molecule has 12 heteroatoms. The highest BCUT2D eigenvalue weighted by molar-refractivity contribution is 7.09. The van der Waals surface area contributed by atoms with Crippen LogP contribution in [0.1, 0.15) is 22.8 Å². The lowest BCUT2D eigenvalue weighted by molar-refractivity contribution is -0.139. The van der Waals surface area contributed by atoms with Crippen LogP contribution in [-0.4, -0.2) is 76.5 Å². The van der Waals surface area contributed by atoms with E-state index in [-0.39, 0.29) is 23.9 Å². The number of Topliss-reactive ketones (excluding diaryl/α,β-unsaturated/α-hetero) is 1. The van der Waals surface area contributed by atoms with Gasteiger partial charge in [0, 0.05) is 44.3 Å². The molecule has 0 saturated carbocycles. The van der Waals surface area contributed by atoms with Gasteiger partial charge in [0.1, 0.15) is 23.9 Å². The molecule has 11 nitrogen and oxygen atoms in total. The molecule has 4 rings (SSSR count). The summed E-state index contributed by atoms with van der Waals surface area (Å²) < 4.78 is 9.23. The lowest BCUT2D eigenvalue weighted by Crippen LogP contribution is -2.54. The molecule has 2 aromatic rings. The number of carboxylic acids is 1. The molecule has 32 heavy (non-hydrogen) atoms. The molecule has 1 amide bonds. The number of rotatable bonds is 8. The number of aryl methyl sites for hydroxylation is 1. The average Bonchev–Trinajstić information content (AvgIpc) is 3.24. The first kappa shape index (κ1) is 22.1. The zero-order chi connectivity index (χ0) is 22.8. The van der Waals surface area contributed by atoms with Crippen LogP contribution in [0.15, 0.2) is 12.4 Å². The molecule has 0 aliphatic carbocycles. The smallest absolute Gasteiger partial charge is 0.316 e. The van der Waals surface area contributed by atoms with Crippen molar-refractivity contribution < 1.29 is 24.2 Å². The fourth-order valence-corrected chi connectivity index (χ4v) is 4.38. The van der Waals surface area contributed by atoms with Crippen molar-refractivity contribution >= 4 is 46.0 Å². The topological polar surface area (TPSA) is 138 Å². The van der Waals surface area contributed by atoms with Gasteiger partial charge in [0.25, 0.3) is 0 Å². The van der Waals surface area contributed by atoms with Crippen molar-refractivity contribution in [1.82, 2.24) is 19.7 Å². The molecule has 0 bridgehead atoms. The van der Waals surface area contributed by atoms with E-state index in [1.165, 1.54) is 6.33 Å². The SMILES string of the molecule is CCOCCNC(=O)C1CN(c2cc(C)c3c(n2)N(c2ncns2)CC(C(=O)O)C3=O)C1. The quantitative estimate of drug-likeness (QED) is 0.431. The largest absolute Gasteiger partial charge is 0.481 e. The number of ketones is 1. The summed E-state index contributed by atoms with van der Waals surface area (Å²) in [5.74, 6) is -2.00. The number of carboxylic acid groups (broad SMARTS) is 1. The molecule has 2 aromatic heterocycles. The number of nitrogens with zero attached hydrogens (tertiary/aromatic N) is 5. The zero-order valence-corrected chi connectivity index (χ0v) is 18.6. The number of hydrogen-bond acceptors (Lipinski definition) is 10. The van der Waals surface area contributed by atoms with Gasteiger partial charge in [0.15, 0.2) is 5.78 Å². The third-order valence-electron chi connectivity index (χ3n) is 5.57. The van der Waals surface area contributed by atoms with Crippen LogP contribution >= 0.6 is 11.5 Å². The highest BCUT2D eigenvalue weighted by Gasteiger charge is 2.41. The number of carbonyl (C=O) groups is 3. The van der Waals surface area contributed by atoms with Crippen LogP contribution in [0.25, 0.3) is 0 Å². The number of anilines is 3. The lowest BCUT2D eigenvalue weighted by atomic mass is 9.90. The molecule has 2 N–H and O–H groups in total. The Morgan fingerprint density at radius 2 is 2.12 bits per heavy atom. The maximum Gasteiger partial charge on any atom is 0.316 e. The second kappa shape index (κ2) is 9.17. The van der Waals surface area contributed by atoms with Crippen LogP contribution in [0.5, 0.6) is 0 Å². The third-order valence-corrected chi connectivity index (χ3v) is 6.26. The summed E-state index contributed by atoms with van der Waals surface area (Å²) in [7, 11) is 0. The lowest BCUT2D eigenvalue weighted by Gasteiger charge is -2.40. The number of carbonyl (C=O) groups excluding carboxylic acids is 2. The van der Waals surface area contributed by atoms with Gasteiger partial charge in [-0.25, -0.2) is 9.97 Å². The summed E-state index contributed by atoms with van der Waals surface area (Å²) in [6, 6.07) is 1.77. The molecular weight excluding hydrogens is 436 g/mol. The minimum Gasteiger partial charge on any atom is -0.481 e. The zero-order valence-electron chi connectivity index (χ0n) is 17.8. The van der Waals surface area contributed by atoms with Crippen LogP contribution in [0.4, 0.5) is 16.8 Å². The molecule has 2 aliphatic rings. The van der Waals surface area contributed by atoms with Crippen LogP contribution in [-0.2, 0) is 14.3 Å². The maximum absolute atomic E-state index is 12.9. The predicted molar refractivity (Wildman–Crippen MR) is 117 cm³/mol. The van der Waals surface area contributed by atoms with Gasteiger partial charge in [0.05, 0.1) is 18.1 Å².